The van der Waals surface area contributed by atoms with Gasteiger partial charge in [0.05, 0.1) is 11.4 Å². The van der Waals surface area contributed by atoms with Crippen LogP contribution in [0.3, 0.4) is 0 Å². The number of amides is 1. The summed E-state index contributed by atoms with van der Waals surface area (Å²) >= 11 is 1.33. The molecular formula is C22H24N2O4S. The average Bonchev–Trinajstić information content (AvgIpc) is 3.24. The maximum atomic E-state index is 12.4. The Morgan fingerprint density at radius 1 is 1.14 bits per heavy atom. The van der Waals surface area contributed by atoms with Gasteiger partial charge in [-0.25, -0.2) is 9.78 Å². The molecule has 29 heavy (non-hydrogen) atoms. The topological polar surface area (TPSA) is 72.6 Å². The Balaban J connectivity index is 1.74. The molecule has 0 atom stereocenters. The highest BCUT2D eigenvalue weighted by atomic mass is 32.1. The molecule has 0 unspecified atom stereocenters. The number of aromatic nitrogens is 1. The molecule has 0 radical (unpaired) electrons. The number of ether oxygens (including phenoxy) is 1. The molecule has 0 saturated heterocycles. The van der Waals surface area contributed by atoms with E-state index in [0.717, 1.165) is 17.7 Å². The van der Waals surface area contributed by atoms with Crippen LogP contribution < -0.4 is 4.90 Å². The van der Waals surface area contributed by atoms with Gasteiger partial charge in [0, 0.05) is 17.9 Å². The molecular weight excluding hydrogens is 388 g/mol. The number of aryl methyl sites for hydroxylation is 3. The number of carbonyl (C=O) groups is 2. The normalized spacial score (nSPS) is 10.8. The van der Waals surface area contributed by atoms with Crippen LogP contribution in [-0.4, -0.2) is 16.9 Å². The highest BCUT2D eigenvalue weighted by molar-refractivity contribution is 7.14. The zero-order chi connectivity index (χ0) is 21.1. The minimum Gasteiger partial charge on any atom is -0.465 e. The average molecular weight is 413 g/mol. The van der Waals surface area contributed by atoms with Crippen molar-refractivity contribution in [3.8, 4) is 0 Å². The monoisotopic (exact) mass is 412 g/mol. The van der Waals surface area contributed by atoms with Crippen molar-refractivity contribution in [2.24, 2.45) is 0 Å². The van der Waals surface area contributed by atoms with E-state index in [1.54, 1.807) is 17.2 Å². The van der Waals surface area contributed by atoms with Crippen LogP contribution in [0.25, 0.3) is 0 Å². The van der Waals surface area contributed by atoms with E-state index in [-0.39, 0.29) is 12.5 Å². The van der Waals surface area contributed by atoms with Crippen LogP contribution in [-0.2, 0) is 22.6 Å². The Morgan fingerprint density at radius 2 is 1.83 bits per heavy atom. The molecule has 3 aromatic rings. The van der Waals surface area contributed by atoms with Crippen LogP contribution in [0.1, 0.15) is 52.5 Å². The first-order valence-corrected chi connectivity index (χ1v) is 10.3. The van der Waals surface area contributed by atoms with Crippen LogP contribution in [0.2, 0.25) is 0 Å². The molecule has 0 aliphatic carbocycles. The number of carbonyl (C=O) groups excluding carboxylic acids is 2. The molecule has 2 heterocycles. The van der Waals surface area contributed by atoms with Crippen molar-refractivity contribution < 1.29 is 18.7 Å². The lowest BCUT2D eigenvalue weighted by Crippen LogP contribution is -2.22. The zero-order valence-corrected chi connectivity index (χ0v) is 18.1. The van der Waals surface area contributed by atoms with Gasteiger partial charge in [0.15, 0.2) is 5.13 Å². The SMILES string of the molecule is CCc1ccc(N(C(C)=O)c2nc(COC(=O)c3c(C)oc(C)c3C)cs2)cc1. The summed E-state index contributed by atoms with van der Waals surface area (Å²) in [5.74, 6) is 0.677. The molecule has 1 amide bonds. The third-order valence-electron chi connectivity index (χ3n) is 4.77. The van der Waals surface area contributed by atoms with Gasteiger partial charge in [-0.15, -0.1) is 11.3 Å². The molecule has 0 fully saturated rings. The third kappa shape index (κ3) is 4.40. The Kier molecular flexibility index (Phi) is 6.17. The Bertz CT molecular complexity index is 1030. The molecule has 7 heteroatoms. The van der Waals surface area contributed by atoms with Crippen molar-refractivity contribution in [3.05, 3.63) is 63.6 Å². The van der Waals surface area contributed by atoms with Crippen LogP contribution in [0.5, 0.6) is 0 Å². The van der Waals surface area contributed by atoms with E-state index < -0.39 is 5.97 Å². The van der Waals surface area contributed by atoms with Gasteiger partial charge >= 0.3 is 5.97 Å². The zero-order valence-electron chi connectivity index (χ0n) is 17.2. The smallest absolute Gasteiger partial charge is 0.342 e. The lowest BCUT2D eigenvalue weighted by atomic mass is 10.1. The summed E-state index contributed by atoms with van der Waals surface area (Å²) in [6, 6.07) is 7.82. The van der Waals surface area contributed by atoms with Crippen LogP contribution in [0, 0.1) is 20.8 Å². The third-order valence-corrected chi connectivity index (χ3v) is 5.64. The molecule has 3 rings (SSSR count). The van der Waals surface area contributed by atoms with E-state index in [9.17, 15) is 9.59 Å². The van der Waals surface area contributed by atoms with Gasteiger partial charge in [0.2, 0.25) is 5.91 Å². The van der Waals surface area contributed by atoms with Gasteiger partial charge in [-0.3, -0.25) is 9.69 Å². The minimum absolute atomic E-state index is 0.0267. The van der Waals surface area contributed by atoms with E-state index in [1.807, 2.05) is 38.1 Å². The van der Waals surface area contributed by atoms with E-state index in [1.165, 1.54) is 23.8 Å². The highest BCUT2D eigenvalue weighted by Crippen LogP contribution is 2.30. The fourth-order valence-electron chi connectivity index (χ4n) is 3.08. The summed E-state index contributed by atoms with van der Waals surface area (Å²) in [5.41, 5.74) is 3.78. The van der Waals surface area contributed by atoms with Crippen molar-refractivity contribution in [2.75, 3.05) is 4.90 Å². The van der Waals surface area contributed by atoms with Crippen LogP contribution in [0.15, 0.2) is 34.1 Å². The quantitative estimate of drug-likeness (QED) is 0.516. The highest BCUT2D eigenvalue weighted by Gasteiger charge is 2.21. The van der Waals surface area contributed by atoms with Crippen molar-refractivity contribution in [3.63, 3.8) is 0 Å². The van der Waals surface area contributed by atoms with Gasteiger partial charge in [0.1, 0.15) is 23.7 Å². The number of anilines is 2. The molecule has 0 spiro atoms. The molecule has 0 saturated carbocycles. The molecule has 6 nitrogen and oxygen atoms in total. The number of benzene rings is 1. The lowest BCUT2D eigenvalue weighted by molar-refractivity contribution is -0.115. The summed E-state index contributed by atoms with van der Waals surface area (Å²) in [5, 5.41) is 2.33. The molecule has 0 aliphatic rings. The van der Waals surface area contributed by atoms with E-state index in [4.69, 9.17) is 9.15 Å². The first kappa shape index (κ1) is 20.8. The largest absolute Gasteiger partial charge is 0.465 e. The number of furan rings is 1. The van der Waals surface area contributed by atoms with Crippen molar-refractivity contribution >= 4 is 34.0 Å². The molecule has 2 aromatic heterocycles. The fourth-order valence-corrected chi connectivity index (χ4v) is 3.95. The van der Waals surface area contributed by atoms with Crippen LogP contribution in [0.4, 0.5) is 10.8 Å². The van der Waals surface area contributed by atoms with Gasteiger partial charge < -0.3 is 9.15 Å². The fraction of sp³-hybridized carbons (Fsp3) is 0.318. The molecule has 1 aromatic carbocycles. The van der Waals surface area contributed by atoms with Crippen molar-refractivity contribution in [1.82, 2.24) is 4.98 Å². The second kappa shape index (κ2) is 8.61. The number of rotatable bonds is 6. The maximum Gasteiger partial charge on any atom is 0.342 e. The standard InChI is InChI=1S/C22H24N2O4S/c1-6-17-7-9-19(10-8-17)24(16(5)25)22-23-18(12-29-22)11-27-21(26)20-13(2)14(3)28-15(20)4/h7-10,12H,6,11H2,1-5H3. The second-order valence-corrected chi connectivity index (χ2v) is 7.62. The number of esters is 1. The maximum absolute atomic E-state index is 12.4. The van der Waals surface area contributed by atoms with Crippen molar-refractivity contribution in [1.29, 1.82) is 0 Å². The Morgan fingerprint density at radius 3 is 2.38 bits per heavy atom. The first-order valence-electron chi connectivity index (χ1n) is 9.39. The second-order valence-electron chi connectivity index (χ2n) is 6.79. The molecule has 0 N–H and O–H groups in total. The number of thiazole rings is 1. The van der Waals surface area contributed by atoms with Crippen molar-refractivity contribution in [2.45, 2.75) is 47.6 Å². The molecule has 0 bridgehead atoms. The lowest BCUT2D eigenvalue weighted by Gasteiger charge is -2.18. The number of hydrogen-bond acceptors (Lipinski definition) is 6. The summed E-state index contributed by atoms with van der Waals surface area (Å²) in [6.45, 7) is 9.00. The van der Waals surface area contributed by atoms with E-state index >= 15 is 0 Å². The van der Waals surface area contributed by atoms with Gasteiger partial charge in [-0.05, 0) is 44.9 Å². The predicted octanol–water partition coefficient (Wildman–Crippen LogP) is 5.27. The summed E-state index contributed by atoms with van der Waals surface area (Å²) < 4.78 is 10.9. The number of hydrogen-bond donors (Lipinski definition) is 0. The summed E-state index contributed by atoms with van der Waals surface area (Å²) in [4.78, 5) is 30.7. The predicted molar refractivity (Wildman–Crippen MR) is 113 cm³/mol. The number of nitrogens with zero attached hydrogens (tertiary/aromatic N) is 2. The Hall–Kier alpha value is -2.93. The molecule has 0 aliphatic heterocycles. The van der Waals surface area contributed by atoms with Gasteiger partial charge in [0.25, 0.3) is 0 Å². The summed E-state index contributed by atoms with van der Waals surface area (Å²) in [7, 11) is 0. The molecule has 152 valence electrons. The Labute approximate surface area is 174 Å². The first-order chi connectivity index (χ1) is 13.8. The van der Waals surface area contributed by atoms with E-state index in [2.05, 4.69) is 11.9 Å². The van der Waals surface area contributed by atoms with Gasteiger partial charge in [-0.2, -0.15) is 0 Å². The minimum atomic E-state index is -0.440. The summed E-state index contributed by atoms with van der Waals surface area (Å²) in [6.07, 6.45) is 0.933. The van der Waals surface area contributed by atoms with E-state index in [0.29, 0.717) is 27.9 Å². The van der Waals surface area contributed by atoms with Gasteiger partial charge in [-0.1, -0.05) is 19.1 Å². The van der Waals surface area contributed by atoms with Crippen LogP contribution >= 0.6 is 11.3 Å².